The summed E-state index contributed by atoms with van der Waals surface area (Å²) in [4.78, 5) is 0. The highest BCUT2D eigenvalue weighted by Crippen LogP contribution is 2.13. The summed E-state index contributed by atoms with van der Waals surface area (Å²) >= 11 is 0. The van der Waals surface area contributed by atoms with Crippen LogP contribution in [0.15, 0.2) is 0 Å². The monoisotopic (exact) mass is 468 g/mol. The maximum Gasteiger partial charge on any atom is 0.0783 e. The Morgan fingerprint density at radius 1 is 0.419 bits per heavy atom. The Morgan fingerprint density at radius 3 is 0.581 bits per heavy atom. The third kappa shape index (κ3) is 22.8. The van der Waals surface area contributed by atoms with Gasteiger partial charge in [-0.3, -0.25) is 8.42 Å². The van der Waals surface area contributed by atoms with Gasteiger partial charge in [-0.1, -0.05) is 55.4 Å². The van der Waals surface area contributed by atoms with Crippen molar-refractivity contribution in [3.8, 4) is 0 Å². The van der Waals surface area contributed by atoms with Crippen LogP contribution in [0.1, 0.15) is 107 Å². The van der Waals surface area contributed by atoms with Gasteiger partial charge < -0.3 is 18.1 Å². The summed E-state index contributed by atoms with van der Waals surface area (Å²) in [5.74, 6) is 0. The molecule has 0 aromatic rings. The van der Waals surface area contributed by atoms with Gasteiger partial charge in [-0.2, -0.15) is 0 Å². The summed E-state index contributed by atoms with van der Waals surface area (Å²) in [5, 5.41) is 0. The van der Waals surface area contributed by atoms with E-state index in [1.165, 1.54) is 113 Å². The van der Waals surface area contributed by atoms with Gasteiger partial charge in [-0.05, 0) is 51.4 Å². The first kappa shape index (κ1) is 35.4. The highest BCUT2D eigenvalue weighted by Gasteiger charge is 2.23. The van der Waals surface area contributed by atoms with Crippen molar-refractivity contribution in [3.63, 3.8) is 0 Å². The number of hydrogen-bond donors (Lipinski definition) is 0. The minimum Gasteiger partial charge on any atom is -0.759 e. The smallest absolute Gasteiger partial charge is 0.0783 e. The van der Waals surface area contributed by atoms with Gasteiger partial charge in [0.1, 0.15) is 0 Å². The van der Waals surface area contributed by atoms with Crippen LogP contribution >= 0.6 is 0 Å². The van der Waals surface area contributed by atoms with Crippen LogP contribution in [-0.2, 0) is 10.4 Å². The Morgan fingerprint density at radius 2 is 0.516 bits per heavy atom. The molecule has 192 valence electrons. The van der Waals surface area contributed by atoms with Crippen molar-refractivity contribution < 1.29 is 26.5 Å². The SMILES string of the molecule is CCC[N+](CCC)(CCC)CCC.CCC[N+](CCC)(CCC)CCC.O=S(=O)([O-])[O-]. The zero-order valence-corrected chi connectivity index (χ0v) is 23.1. The largest absolute Gasteiger partial charge is 0.759 e. The van der Waals surface area contributed by atoms with Crippen molar-refractivity contribution in [1.82, 2.24) is 0 Å². The molecule has 0 aromatic carbocycles. The van der Waals surface area contributed by atoms with Gasteiger partial charge in [0.2, 0.25) is 0 Å². The molecule has 7 heteroatoms. The predicted octanol–water partition coefficient (Wildman–Crippen LogP) is 5.55. The average Bonchev–Trinajstić information content (AvgIpc) is 2.63. The third-order valence-electron chi connectivity index (χ3n) is 5.58. The molecule has 0 unspecified atom stereocenters. The zero-order chi connectivity index (χ0) is 24.8. The van der Waals surface area contributed by atoms with Crippen LogP contribution < -0.4 is 0 Å². The lowest BCUT2D eigenvalue weighted by Crippen LogP contribution is -2.50. The summed E-state index contributed by atoms with van der Waals surface area (Å²) < 4.78 is 36.8. The lowest BCUT2D eigenvalue weighted by atomic mass is 10.2. The molecule has 0 aromatic heterocycles. The van der Waals surface area contributed by atoms with Gasteiger partial charge in [0.15, 0.2) is 0 Å². The Kier molecular flexibility index (Phi) is 24.7. The second-order valence-corrected chi connectivity index (χ2v) is 9.70. The molecular weight excluding hydrogens is 412 g/mol. The topological polar surface area (TPSA) is 80.3 Å². The first-order chi connectivity index (χ1) is 14.5. The number of quaternary nitrogens is 2. The van der Waals surface area contributed by atoms with E-state index in [2.05, 4.69) is 55.4 Å². The molecule has 0 N–H and O–H groups in total. The van der Waals surface area contributed by atoms with Crippen molar-refractivity contribution in [3.05, 3.63) is 0 Å². The van der Waals surface area contributed by atoms with Crippen molar-refractivity contribution in [2.75, 3.05) is 52.4 Å². The van der Waals surface area contributed by atoms with E-state index in [4.69, 9.17) is 17.5 Å². The fourth-order valence-electron chi connectivity index (χ4n) is 5.14. The van der Waals surface area contributed by atoms with Crippen LogP contribution in [0.25, 0.3) is 0 Å². The standard InChI is InChI=1S/2C12H28N.H2O4S/c2*1-5-9-13(10-6-2,11-7-3)12-8-4;1-5(2,3)4/h2*5-12H2,1-4H3;(H2,1,2,3,4)/q2*+1;/p-2. The quantitative estimate of drug-likeness (QED) is 0.169. The highest BCUT2D eigenvalue weighted by molar-refractivity contribution is 7.79. The van der Waals surface area contributed by atoms with E-state index in [1.807, 2.05) is 0 Å². The molecule has 0 aliphatic carbocycles. The van der Waals surface area contributed by atoms with E-state index in [0.717, 1.165) is 0 Å². The summed E-state index contributed by atoms with van der Waals surface area (Å²) in [5.41, 5.74) is 0. The molecule has 0 saturated carbocycles. The summed E-state index contributed by atoms with van der Waals surface area (Å²) in [6.45, 7) is 29.6. The predicted molar refractivity (Wildman–Crippen MR) is 132 cm³/mol. The lowest BCUT2D eigenvalue weighted by Gasteiger charge is -2.38. The second-order valence-electron chi connectivity index (χ2n) is 8.88. The highest BCUT2D eigenvalue weighted by atomic mass is 32.3. The van der Waals surface area contributed by atoms with E-state index < -0.39 is 10.4 Å². The van der Waals surface area contributed by atoms with E-state index in [9.17, 15) is 0 Å². The van der Waals surface area contributed by atoms with Gasteiger partial charge in [0, 0.05) is 10.4 Å². The summed E-state index contributed by atoms with van der Waals surface area (Å²) in [7, 11) is -5.17. The Balaban J connectivity index is -0.000000416. The fraction of sp³-hybridized carbons (Fsp3) is 1.00. The fourth-order valence-corrected chi connectivity index (χ4v) is 5.14. The Hall–Kier alpha value is -0.210. The van der Waals surface area contributed by atoms with Gasteiger partial charge in [-0.25, -0.2) is 0 Å². The number of rotatable bonds is 16. The molecule has 0 spiro atoms. The maximum atomic E-state index is 8.52. The normalized spacial score (nSPS) is 11.9. The second kappa shape index (κ2) is 21.6. The van der Waals surface area contributed by atoms with Gasteiger partial charge >= 0.3 is 0 Å². The minimum absolute atomic E-state index is 1.33. The Labute approximate surface area is 196 Å². The molecule has 0 saturated heterocycles. The van der Waals surface area contributed by atoms with Gasteiger partial charge in [0.25, 0.3) is 0 Å². The molecule has 6 nitrogen and oxygen atoms in total. The molecule has 0 radical (unpaired) electrons. The van der Waals surface area contributed by atoms with Gasteiger partial charge in [0.05, 0.1) is 52.4 Å². The molecule has 0 aliphatic rings. The molecule has 0 bridgehead atoms. The van der Waals surface area contributed by atoms with E-state index in [-0.39, 0.29) is 0 Å². The van der Waals surface area contributed by atoms with Crippen molar-refractivity contribution >= 4 is 10.4 Å². The van der Waals surface area contributed by atoms with E-state index in [1.54, 1.807) is 0 Å². The van der Waals surface area contributed by atoms with Crippen LogP contribution in [0.5, 0.6) is 0 Å². The molecule has 0 rings (SSSR count). The van der Waals surface area contributed by atoms with Crippen molar-refractivity contribution in [2.45, 2.75) is 107 Å². The first-order valence-electron chi connectivity index (χ1n) is 12.9. The van der Waals surface area contributed by atoms with E-state index in [0.29, 0.717) is 0 Å². The van der Waals surface area contributed by atoms with E-state index >= 15 is 0 Å². The van der Waals surface area contributed by atoms with Crippen molar-refractivity contribution in [1.29, 1.82) is 0 Å². The molecule has 0 atom stereocenters. The molecule has 31 heavy (non-hydrogen) atoms. The Bertz CT molecular complexity index is 375. The maximum absolute atomic E-state index is 8.52. The molecular formula is C24H56N2O4S. The van der Waals surface area contributed by atoms with Crippen LogP contribution in [0.4, 0.5) is 0 Å². The van der Waals surface area contributed by atoms with Crippen molar-refractivity contribution in [2.24, 2.45) is 0 Å². The van der Waals surface area contributed by atoms with Crippen LogP contribution in [0, 0.1) is 0 Å². The van der Waals surface area contributed by atoms with Crippen LogP contribution in [-0.4, -0.2) is 78.8 Å². The number of nitrogens with zero attached hydrogens (tertiary/aromatic N) is 2. The molecule has 0 fully saturated rings. The number of hydrogen-bond acceptors (Lipinski definition) is 4. The third-order valence-corrected chi connectivity index (χ3v) is 5.58. The van der Waals surface area contributed by atoms with Gasteiger partial charge in [-0.15, -0.1) is 0 Å². The van der Waals surface area contributed by atoms with Crippen LogP contribution in [0.2, 0.25) is 0 Å². The van der Waals surface area contributed by atoms with Crippen LogP contribution in [0.3, 0.4) is 0 Å². The molecule has 0 amide bonds. The summed E-state index contributed by atoms with van der Waals surface area (Å²) in [6.07, 6.45) is 10.7. The summed E-state index contributed by atoms with van der Waals surface area (Å²) in [6, 6.07) is 0. The molecule has 0 aliphatic heterocycles. The first-order valence-corrected chi connectivity index (χ1v) is 14.2. The average molecular weight is 469 g/mol. The minimum atomic E-state index is -5.17. The lowest BCUT2D eigenvalue weighted by molar-refractivity contribution is -0.928. The zero-order valence-electron chi connectivity index (χ0n) is 22.2. The molecule has 0 heterocycles.